The van der Waals surface area contributed by atoms with Gasteiger partial charge in [0.2, 0.25) is 5.65 Å². The van der Waals surface area contributed by atoms with Crippen molar-refractivity contribution in [1.82, 2.24) is 34.8 Å². The van der Waals surface area contributed by atoms with Crippen LogP contribution in [-0.4, -0.2) is 67.1 Å². The fourth-order valence-electron chi connectivity index (χ4n) is 5.04. The van der Waals surface area contributed by atoms with Crippen LogP contribution < -0.4 is 4.90 Å². The van der Waals surface area contributed by atoms with Crippen LogP contribution in [0.15, 0.2) is 42.7 Å². The van der Waals surface area contributed by atoms with E-state index in [9.17, 15) is 0 Å². The summed E-state index contributed by atoms with van der Waals surface area (Å²) in [5.74, 6) is 1.10. The van der Waals surface area contributed by atoms with Crippen LogP contribution in [0.1, 0.15) is 24.8 Å². The van der Waals surface area contributed by atoms with Crippen molar-refractivity contribution in [3.05, 3.63) is 48.3 Å². The molecular weight excluding hydrogens is 414 g/mol. The van der Waals surface area contributed by atoms with Crippen molar-refractivity contribution in [1.29, 1.82) is 5.26 Å². The van der Waals surface area contributed by atoms with E-state index in [1.807, 2.05) is 23.0 Å². The summed E-state index contributed by atoms with van der Waals surface area (Å²) in [5, 5.41) is 18.8. The maximum absolute atomic E-state index is 9.16. The third-order valence-electron chi connectivity index (χ3n) is 6.93. The molecule has 0 N–H and O–H groups in total. The molecule has 2 aliphatic rings. The Kier molecular flexibility index (Phi) is 5.07. The summed E-state index contributed by atoms with van der Waals surface area (Å²) in [7, 11) is 0. The van der Waals surface area contributed by atoms with Crippen molar-refractivity contribution in [3.8, 4) is 6.07 Å². The van der Waals surface area contributed by atoms with Crippen LogP contribution in [0, 0.1) is 17.2 Å². The highest BCUT2D eigenvalue weighted by atomic mass is 15.5. The molecule has 3 aromatic heterocycles. The van der Waals surface area contributed by atoms with Gasteiger partial charge in [0.25, 0.3) is 0 Å². The standard InChI is InChI=1S/C24H25N9/c25-13-17-5-9-31(10-6-17)20-7-11-32(16-20)22-14-27-23-24(28-22)33(30-29-23)15-18-3-4-21-19(12-18)2-1-8-26-21/h1-4,8,12,14,17,20H,5-7,9-11,15-16H2/t20-/m0/s1. The van der Waals surface area contributed by atoms with E-state index < -0.39 is 0 Å². The molecule has 5 heterocycles. The fourth-order valence-corrected chi connectivity index (χ4v) is 5.04. The van der Waals surface area contributed by atoms with Gasteiger partial charge in [0.15, 0.2) is 5.65 Å². The van der Waals surface area contributed by atoms with Gasteiger partial charge >= 0.3 is 0 Å². The van der Waals surface area contributed by atoms with Crippen molar-refractivity contribution >= 4 is 28.0 Å². The second-order valence-electron chi connectivity index (χ2n) is 8.98. The number of piperidine rings is 1. The minimum Gasteiger partial charge on any atom is -0.354 e. The highest BCUT2D eigenvalue weighted by Crippen LogP contribution is 2.26. The van der Waals surface area contributed by atoms with Crippen LogP contribution in [0.2, 0.25) is 0 Å². The van der Waals surface area contributed by atoms with Gasteiger partial charge in [0, 0.05) is 36.6 Å². The Labute approximate surface area is 191 Å². The molecule has 1 aromatic carbocycles. The molecule has 0 saturated carbocycles. The zero-order valence-corrected chi connectivity index (χ0v) is 18.4. The Morgan fingerprint density at radius 2 is 1.97 bits per heavy atom. The number of rotatable bonds is 4. The van der Waals surface area contributed by atoms with E-state index in [1.54, 1.807) is 6.20 Å². The van der Waals surface area contributed by atoms with E-state index in [0.29, 0.717) is 23.9 Å². The van der Waals surface area contributed by atoms with Crippen molar-refractivity contribution in [2.45, 2.75) is 31.8 Å². The minimum atomic E-state index is 0.221. The van der Waals surface area contributed by atoms with Crippen LogP contribution in [0.25, 0.3) is 22.2 Å². The van der Waals surface area contributed by atoms with Crippen LogP contribution in [0.4, 0.5) is 5.82 Å². The molecule has 2 aliphatic heterocycles. The summed E-state index contributed by atoms with van der Waals surface area (Å²) in [6.07, 6.45) is 6.69. The van der Waals surface area contributed by atoms with Crippen molar-refractivity contribution in [2.75, 3.05) is 31.1 Å². The zero-order valence-electron chi connectivity index (χ0n) is 18.4. The first-order chi connectivity index (χ1) is 16.3. The Balaban J connectivity index is 1.20. The van der Waals surface area contributed by atoms with Crippen molar-refractivity contribution in [3.63, 3.8) is 0 Å². The highest BCUT2D eigenvalue weighted by molar-refractivity contribution is 5.79. The van der Waals surface area contributed by atoms with E-state index in [-0.39, 0.29) is 5.92 Å². The largest absolute Gasteiger partial charge is 0.354 e. The smallest absolute Gasteiger partial charge is 0.221 e. The van der Waals surface area contributed by atoms with Gasteiger partial charge in [-0.05, 0) is 56.1 Å². The predicted molar refractivity (Wildman–Crippen MR) is 124 cm³/mol. The molecule has 0 spiro atoms. The van der Waals surface area contributed by atoms with Crippen LogP contribution in [0.5, 0.6) is 0 Å². The van der Waals surface area contributed by atoms with Crippen molar-refractivity contribution in [2.24, 2.45) is 5.92 Å². The van der Waals surface area contributed by atoms with Crippen LogP contribution in [0.3, 0.4) is 0 Å². The number of benzene rings is 1. The average Bonchev–Trinajstić information content (AvgIpc) is 3.52. The lowest BCUT2D eigenvalue weighted by atomic mass is 9.97. The summed E-state index contributed by atoms with van der Waals surface area (Å²) >= 11 is 0. The van der Waals surface area contributed by atoms with Crippen molar-refractivity contribution < 1.29 is 0 Å². The van der Waals surface area contributed by atoms with Crippen LogP contribution in [-0.2, 0) is 6.54 Å². The number of hydrogen-bond acceptors (Lipinski definition) is 8. The second-order valence-corrected chi connectivity index (χ2v) is 8.98. The van der Waals surface area contributed by atoms with E-state index >= 15 is 0 Å². The number of hydrogen-bond donors (Lipinski definition) is 0. The SMILES string of the molecule is N#CC1CCN([C@H]2CCN(c3cnc4nnn(Cc5ccc6ncccc6c5)c4n3)C2)CC1. The highest BCUT2D eigenvalue weighted by Gasteiger charge is 2.31. The zero-order chi connectivity index (χ0) is 22.2. The summed E-state index contributed by atoms with van der Waals surface area (Å²) in [6, 6.07) is 13.2. The molecule has 166 valence electrons. The third kappa shape index (κ3) is 3.87. The molecule has 2 fully saturated rings. The van der Waals surface area contributed by atoms with E-state index in [4.69, 9.17) is 10.2 Å². The molecule has 9 nitrogen and oxygen atoms in total. The first-order valence-corrected chi connectivity index (χ1v) is 11.6. The van der Waals surface area contributed by atoms with E-state index in [2.05, 4.69) is 54.3 Å². The Morgan fingerprint density at radius 1 is 1.06 bits per heavy atom. The minimum absolute atomic E-state index is 0.221. The number of nitriles is 1. The molecule has 9 heteroatoms. The summed E-state index contributed by atoms with van der Waals surface area (Å²) in [6.45, 7) is 4.51. The molecule has 0 bridgehead atoms. The summed E-state index contributed by atoms with van der Waals surface area (Å²) in [5.41, 5.74) is 3.37. The van der Waals surface area contributed by atoms with E-state index in [0.717, 1.165) is 67.7 Å². The first-order valence-electron chi connectivity index (χ1n) is 11.6. The molecule has 4 aromatic rings. The number of anilines is 1. The van der Waals surface area contributed by atoms with Gasteiger partial charge in [-0.15, -0.1) is 5.10 Å². The van der Waals surface area contributed by atoms with E-state index in [1.165, 1.54) is 0 Å². The lowest BCUT2D eigenvalue weighted by molar-refractivity contribution is 0.157. The molecule has 0 aliphatic carbocycles. The normalized spacial score (nSPS) is 20.0. The third-order valence-corrected chi connectivity index (χ3v) is 6.93. The number of likely N-dealkylation sites (tertiary alicyclic amines) is 1. The number of nitrogens with zero attached hydrogens (tertiary/aromatic N) is 9. The second kappa shape index (κ2) is 8.37. The van der Waals surface area contributed by atoms with Gasteiger partial charge in [-0.25, -0.2) is 14.6 Å². The quantitative estimate of drug-likeness (QED) is 0.478. The maximum atomic E-state index is 9.16. The monoisotopic (exact) mass is 439 g/mol. The Morgan fingerprint density at radius 3 is 2.85 bits per heavy atom. The molecule has 0 amide bonds. The Hall–Kier alpha value is -3.64. The van der Waals surface area contributed by atoms with Crippen LogP contribution >= 0.6 is 0 Å². The Bertz CT molecular complexity index is 1330. The summed E-state index contributed by atoms with van der Waals surface area (Å²) in [4.78, 5) is 18.7. The first kappa shape index (κ1) is 20.0. The molecule has 33 heavy (non-hydrogen) atoms. The predicted octanol–water partition coefficient (Wildman–Crippen LogP) is 2.63. The molecule has 6 rings (SSSR count). The van der Waals surface area contributed by atoms with Gasteiger partial charge in [-0.3, -0.25) is 9.88 Å². The molecule has 0 radical (unpaired) electrons. The molecule has 2 saturated heterocycles. The lowest BCUT2D eigenvalue weighted by Crippen LogP contribution is -2.42. The molecular formula is C24H25N9. The molecule has 0 unspecified atom stereocenters. The average molecular weight is 440 g/mol. The van der Waals surface area contributed by atoms with Gasteiger partial charge < -0.3 is 4.90 Å². The lowest BCUT2D eigenvalue weighted by Gasteiger charge is -2.33. The van der Waals surface area contributed by atoms with Gasteiger partial charge in [-0.1, -0.05) is 17.3 Å². The topological polar surface area (TPSA) is 99.7 Å². The molecule has 1 atom stereocenters. The van der Waals surface area contributed by atoms with Gasteiger partial charge in [0.05, 0.1) is 24.3 Å². The van der Waals surface area contributed by atoms with Gasteiger partial charge in [0.1, 0.15) is 5.82 Å². The number of aromatic nitrogens is 6. The maximum Gasteiger partial charge on any atom is 0.221 e. The summed E-state index contributed by atoms with van der Waals surface area (Å²) < 4.78 is 1.82. The fraction of sp³-hybridized carbons (Fsp3) is 0.417. The van der Waals surface area contributed by atoms with Gasteiger partial charge in [-0.2, -0.15) is 5.26 Å². The number of fused-ring (bicyclic) bond motifs is 2. The number of pyridine rings is 1.